The van der Waals surface area contributed by atoms with Crippen molar-refractivity contribution in [1.82, 2.24) is 13.5 Å². The average molecular weight is 400 g/mol. The van der Waals surface area contributed by atoms with Gasteiger partial charge in [-0.05, 0) is 30.5 Å². The minimum atomic E-state index is -3.90. The van der Waals surface area contributed by atoms with Crippen LogP contribution >= 0.6 is 11.6 Å². The minimum absolute atomic E-state index is 0.107. The molecular formula is C17H22ClN3O4S. The molecule has 1 heterocycles. The Hall–Kier alpha value is -1.90. The van der Waals surface area contributed by atoms with Gasteiger partial charge < -0.3 is 4.74 Å². The third kappa shape index (κ3) is 4.08. The van der Waals surface area contributed by atoms with E-state index < -0.39 is 16.2 Å². The highest BCUT2D eigenvalue weighted by atomic mass is 35.5. The van der Waals surface area contributed by atoms with Gasteiger partial charge in [-0.25, -0.2) is 4.79 Å². The van der Waals surface area contributed by atoms with Crippen LogP contribution in [0.1, 0.15) is 41.0 Å². The van der Waals surface area contributed by atoms with Gasteiger partial charge in [0.1, 0.15) is 5.56 Å². The molecule has 0 radical (unpaired) electrons. The molecule has 2 rings (SSSR count). The van der Waals surface area contributed by atoms with Crippen LogP contribution in [-0.4, -0.2) is 48.6 Å². The second-order valence-corrected chi connectivity index (χ2v) is 8.19. The first kappa shape index (κ1) is 20.4. The van der Waals surface area contributed by atoms with Gasteiger partial charge >= 0.3 is 16.2 Å². The summed E-state index contributed by atoms with van der Waals surface area (Å²) in [5.41, 5.74) is 2.10. The van der Waals surface area contributed by atoms with Crippen molar-refractivity contribution in [2.24, 2.45) is 0 Å². The van der Waals surface area contributed by atoms with Crippen LogP contribution in [0.15, 0.2) is 24.4 Å². The molecule has 0 N–H and O–H groups in total. The number of aromatic nitrogens is 2. The molecule has 2 aromatic rings. The molecule has 0 fully saturated rings. The van der Waals surface area contributed by atoms with E-state index in [1.54, 1.807) is 13.0 Å². The third-order valence-corrected chi connectivity index (χ3v) is 5.93. The van der Waals surface area contributed by atoms with E-state index in [1.165, 1.54) is 20.3 Å². The van der Waals surface area contributed by atoms with Crippen molar-refractivity contribution in [2.75, 3.05) is 20.7 Å². The van der Waals surface area contributed by atoms with Crippen molar-refractivity contribution < 1.29 is 17.9 Å². The van der Waals surface area contributed by atoms with E-state index >= 15 is 0 Å². The number of nitrogens with zero attached hydrogens (tertiary/aromatic N) is 3. The molecule has 0 saturated heterocycles. The lowest BCUT2D eigenvalue weighted by Gasteiger charge is -2.15. The van der Waals surface area contributed by atoms with Crippen molar-refractivity contribution in [1.29, 1.82) is 0 Å². The molecule has 7 nitrogen and oxygen atoms in total. The first-order valence-electron chi connectivity index (χ1n) is 8.16. The Labute approximate surface area is 158 Å². The number of aryl methyl sites for hydroxylation is 1. The van der Waals surface area contributed by atoms with E-state index in [4.69, 9.17) is 16.3 Å². The lowest BCUT2D eigenvalue weighted by atomic mass is 10.0. The van der Waals surface area contributed by atoms with Crippen molar-refractivity contribution in [3.8, 4) is 0 Å². The summed E-state index contributed by atoms with van der Waals surface area (Å²) in [6.07, 6.45) is 2.16. The fourth-order valence-corrected chi connectivity index (χ4v) is 3.52. The predicted octanol–water partition coefficient (Wildman–Crippen LogP) is 2.52. The molecule has 0 unspecified atom stereocenters. The summed E-state index contributed by atoms with van der Waals surface area (Å²) in [6, 6.07) is 5.57. The molecule has 9 heteroatoms. The molecule has 0 aliphatic carbocycles. The summed E-state index contributed by atoms with van der Waals surface area (Å²) in [5.74, 6) is -0.620. The number of rotatable bonds is 7. The molecular weight excluding hydrogens is 378 g/mol. The van der Waals surface area contributed by atoms with Gasteiger partial charge in [0.25, 0.3) is 0 Å². The largest absolute Gasteiger partial charge is 0.462 e. The Morgan fingerprint density at radius 3 is 2.58 bits per heavy atom. The smallest absolute Gasteiger partial charge is 0.341 e. The first-order valence-corrected chi connectivity index (χ1v) is 9.94. The Bertz CT molecular complexity index is 907. The van der Waals surface area contributed by atoms with Crippen LogP contribution in [-0.2, 0) is 27.8 Å². The lowest BCUT2D eigenvalue weighted by molar-refractivity contribution is 0.0525. The highest BCUT2D eigenvalue weighted by Crippen LogP contribution is 2.24. The van der Waals surface area contributed by atoms with Crippen LogP contribution < -0.4 is 0 Å². The number of esters is 1. The lowest BCUT2D eigenvalue weighted by Crippen LogP contribution is -2.31. The quantitative estimate of drug-likeness (QED) is 0.668. The molecule has 26 heavy (non-hydrogen) atoms. The van der Waals surface area contributed by atoms with E-state index in [2.05, 4.69) is 5.10 Å². The van der Waals surface area contributed by atoms with Crippen molar-refractivity contribution in [2.45, 2.75) is 26.7 Å². The van der Waals surface area contributed by atoms with Crippen LogP contribution in [0.4, 0.5) is 0 Å². The summed E-state index contributed by atoms with van der Waals surface area (Å²) in [4.78, 5) is 12.3. The fraction of sp³-hybridized carbons (Fsp3) is 0.412. The molecule has 0 saturated carbocycles. The summed E-state index contributed by atoms with van der Waals surface area (Å²) < 4.78 is 32.1. The van der Waals surface area contributed by atoms with Gasteiger partial charge in [0.15, 0.2) is 0 Å². The average Bonchev–Trinajstić information content (AvgIpc) is 3.01. The molecule has 1 aromatic carbocycles. The van der Waals surface area contributed by atoms with E-state index in [1.807, 2.05) is 19.1 Å². The maximum Gasteiger partial charge on any atom is 0.341 e. The third-order valence-electron chi connectivity index (χ3n) is 3.89. The fourth-order valence-electron chi connectivity index (χ4n) is 2.42. The second-order valence-electron chi connectivity index (χ2n) is 5.81. The number of hydrogen-bond acceptors (Lipinski definition) is 5. The van der Waals surface area contributed by atoms with E-state index in [0.29, 0.717) is 10.6 Å². The van der Waals surface area contributed by atoms with Gasteiger partial charge in [-0.2, -0.15) is 17.8 Å². The Kier molecular flexibility index (Phi) is 6.44. The van der Waals surface area contributed by atoms with Crippen molar-refractivity contribution in [3.63, 3.8) is 0 Å². The molecule has 0 aliphatic heterocycles. The first-order chi connectivity index (χ1) is 12.2. The number of halogens is 1. The maximum atomic E-state index is 12.6. The standard InChI is InChI=1S/C17H22ClN3O4S/c1-5-12-7-8-15(18)13(9-12)10-16-14(17(22)25-6-2)11-19-21(16)26(23,24)20(3)4/h7-9,11H,5-6,10H2,1-4H3. The number of carbonyl (C=O) groups excluding carboxylic acids is 1. The number of carbonyl (C=O) groups is 1. The van der Waals surface area contributed by atoms with Crippen molar-refractivity contribution in [3.05, 3.63) is 51.8 Å². The van der Waals surface area contributed by atoms with Crippen LogP contribution in [0.25, 0.3) is 0 Å². The molecule has 0 amide bonds. The number of ether oxygens (including phenoxy) is 1. The number of benzene rings is 1. The van der Waals surface area contributed by atoms with E-state index in [9.17, 15) is 13.2 Å². The molecule has 1 aromatic heterocycles. The maximum absolute atomic E-state index is 12.6. The summed E-state index contributed by atoms with van der Waals surface area (Å²) >= 11 is 6.29. The zero-order valence-corrected chi connectivity index (χ0v) is 16.8. The van der Waals surface area contributed by atoms with Crippen LogP contribution in [0.2, 0.25) is 5.02 Å². The van der Waals surface area contributed by atoms with Crippen LogP contribution in [0.3, 0.4) is 0 Å². The summed E-state index contributed by atoms with van der Waals surface area (Å²) in [6.45, 7) is 3.87. The SMILES string of the molecule is CCOC(=O)c1cnn(S(=O)(=O)N(C)C)c1Cc1cc(CC)ccc1Cl. The highest BCUT2D eigenvalue weighted by Gasteiger charge is 2.27. The van der Waals surface area contributed by atoms with Crippen LogP contribution in [0, 0.1) is 0 Å². The predicted molar refractivity (Wildman–Crippen MR) is 99.8 cm³/mol. The highest BCUT2D eigenvalue weighted by molar-refractivity contribution is 7.87. The topological polar surface area (TPSA) is 81.5 Å². The normalized spacial score (nSPS) is 11.8. The van der Waals surface area contributed by atoms with Crippen molar-refractivity contribution >= 4 is 27.8 Å². The monoisotopic (exact) mass is 399 g/mol. The van der Waals surface area contributed by atoms with Crippen LogP contribution in [0.5, 0.6) is 0 Å². The molecule has 0 bridgehead atoms. The number of hydrogen-bond donors (Lipinski definition) is 0. The van der Waals surface area contributed by atoms with Gasteiger partial charge in [-0.1, -0.05) is 30.7 Å². The zero-order valence-electron chi connectivity index (χ0n) is 15.2. The summed E-state index contributed by atoms with van der Waals surface area (Å²) in [5, 5.41) is 4.42. The molecule has 0 spiro atoms. The van der Waals surface area contributed by atoms with Gasteiger partial charge in [-0.3, -0.25) is 0 Å². The molecule has 142 valence electrons. The molecule has 0 atom stereocenters. The Morgan fingerprint density at radius 2 is 2.00 bits per heavy atom. The second kappa shape index (κ2) is 8.20. The summed E-state index contributed by atoms with van der Waals surface area (Å²) in [7, 11) is -1.10. The van der Waals surface area contributed by atoms with Gasteiger partial charge in [0.2, 0.25) is 0 Å². The van der Waals surface area contributed by atoms with E-state index in [-0.39, 0.29) is 24.3 Å². The van der Waals surface area contributed by atoms with Gasteiger partial charge in [-0.15, -0.1) is 4.09 Å². The van der Waals surface area contributed by atoms with Gasteiger partial charge in [0, 0.05) is 25.5 Å². The minimum Gasteiger partial charge on any atom is -0.462 e. The Morgan fingerprint density at radius 1 is 1.31 bits per heavy atom. The van der Waals surface area contributed by atoms with Gasteiger partial charge in [0.05, 0.1) is 18.5 Å². The molecule has 0 aliphatic rings. The zero-order chi connectivity index (χ0) is 19.5. The van der Waals surface area contributed by atoms with E-state index in [0.717, 1.165) is 20.4 Å². The Balaban J connectivity index is 2.61.